The maximum Gasteiger partial charge on any atom is 0.311 e. The monoisotopic (exact) mass is 257 g/mol. The fraction of sp³-hybridized carbons (Fsp3) is 0.929. The number of hydrogen-bond donors (Lipinski definition) is 0. The Kier molecular flexibility index (Phi) is 6.09. The molecule has 18 heavy (non-hydrogen) atoms. The van der Waals surface area contributed by atoms with Crippen LogP contribution in [0.25, 0.3) is 0 Å². The predicted octanol–water partition coefficient (Wildman–Crippen LogP) is 1.93. The first-order valence-electron chi connectivity index (χ1n) is 6.89. The summed E-state index contributed by atoms with van der Waals surface area (Å²) in [5.74, 6) is 0.313. The van der Waals surface area contributed by atoms with Crippen LogP contribution in [0.4, 0.5) is 0 Å². The van der Waals surface area contributed by atoms with E-state index in [-0.39, 0.29) is 5.97 Å². The summed E-state index contributed by atoms with van der Waals surface area (Å²) in [5, 5.41) is 0. The summed E-state index contributed by atoms with van der Waals surface area (Å²) in [6.07, 6.45) is 0.837. The van der Waals surface area contributed by atoms with Crippen molar-refractivity contribution in [1.82, 2.24) is 4.90 Å². The molecule has 0 aliphatic carbocycles. The van der Waals surface area contributed by atoms with Gasteiger partial charge in [-0.3, -0.25) is 9.69 Å². The number of ether oxygens (including phenoxy) is 2. The van der Waals surface area contributed by atoms with Crippen LogP contribution < -0.4 is 0 Å². The highest BCUT2D eigenvalue weighted by Crippen LogP contribution is 2.23. The average molecular weight is 257 g/mol. The highest BCUT2D eigenvalue weighted by atomic mass is 16.5. The summed E-state index contributed by atoms with van der Waals surface area (Å²) in [5.41, 5.74) is -0.396. The van der Waals surface area contributed by atoms with Gasteiger partial charge in [0, 0.05) is 13.1 Å². The molecule has 1 rings (SSSR count). The van der Waals surface area contributed by atoms with E-state index in [0.717, 1.165) is 39.3 Å². The molecule has 0 aromatic heterocycles. The lowest BCUT2D eigenvalue weighted by molar-refractivity contribution is -0.155. The second-order valence-electron chi connectivity index (χ2n) is 6.08. The highest BCUT2D eigenvalue weighted by molar-refractivity contribution is 5.75. The van der Waals surface area contributed by atoms with E-state index in [9.17, 15) is 4.79 Å². The Labute approximate surface area is 111 Å². The van der Waals surface area contributed by atoms with Crippen molar-refractivity contribution in [2.24, 2.45) is 11.3 Å². The van der Waals surface area contributed by atoms with Gasteiger partial charge in [-0.1, -0.05) is 13.8 Å². The molecular weight excluding hydrogens is 230 g/mol. The van der Waals surface area contributed by atoms with Crippen LogP contribution in [0.5, 0.6) is 0 Å². The van der Waals surface area contributed by atoms with Crippen LogP contribution in [-0.2, 0) is 14.3 Å². The zero-order valence-corrected chi connectivity index (χ0v) is 12.2. The minimum atomic E-state index is -0.396. The van der Waals surface area contributed by atoms with Crippen molar-refractivity contribution in [1.29, 1.82) is 0 Å². The van der Waals surface area contributed by atoms with Crippen LogP contribution in [0.1, 0.15) is 34.1 Å². The van der Waals surface area contributed by atoms with Crippen molar-refractivity contribution in [3.63, 3.8) is 0 Å². The summed E-state index contributed by atoms with van der Waals surface area (Å²) in [6, 6.07) is 0. The standard InChI is InChI=1S/C14H27NO3/c1-12(2)11-18-13(16)14(3,4)5-6-15-7-9-17-10-8-15/h12H,5-11H2,1-4H3. The van der Waals surface area contributed by atoms with Crippen LogP contribution >= 0.6 is 0 Å². The maximum atomic E-state index is 12.0. The first kappa shape index (κ1) is 15.4. The summed E-state index contributed by atoms with van der Waals surface area (Å²) >= 11 is 0. The quantitative estimate of drug-likeness (QED) is 0.682. The summed E-state index contributed by atoms with van der Waals surface area (Å²) in [4.78, 5) is 14.3. The molecule has 1 aliphatic rings. The Hall–Kier alpha value is -0.610. The molecule has 4 nitrogen and oxygen atoms in total. The molecular formula is C14H27NO3. The molecule has 4 heteroatoms. The molecule has 0 unspecified atom stereocenters. The number of rotatable bonds is 6. The number of morpholine rings is 1. The van der Waals surface area contributed by atoms with Gasteiger partial charge in [0.05, 0.1) is 25.2 Å². The molecule has 0 aromatic carbocycles. The zero-order valence-electron chi connectivity index (χ0n) is 12.2. The van der Waals surface area contributed by atoms with Crippen molar-refractivity contribution in [3.8, 4) is 0 Å². The lowest BCUT2D eigenvalue weighted by Gasteiger charge is -2.30. The van der Waals surface area contributed by atoms with Crippen molar-refractivity contribution in [2.45, 2.75) is 34.1 Å². The van der Waals surface area contributed by atoms with Gasteiger partial charge < -0.3 is 9.47 Å². The average Bonchev–Trinajstić information content (AvgIpc) is 2.34. The number of nitrogens with zero attached hydrogens (tertiary/aromatic N) is 1. The van der Waals surface area contributed by atoms with E-state index in [0.29, 0.717) is 12.5 Å². The number of hydrogen-bond acceptors (Lipinski definition) is 4. The summed E-state index contributed by atoms with van der Waals surface area (Å²) in [6.45, 7) is 13.0. The molecule has 1 aliphatic heterocycles. The van der Waals surface area contributed by atoms with Gasteiger partial charge in [-0.25, -0.2) is 0 Å². The first-order valence-corrected chi connectivity index (χ1v) is 6.89. The first-order chi connectivity index (χ1) is 8.42. The Bertz CT molecular complexity index is 258. The van der Waals surface area contributed by atoms with Gasteiger partial charge in [0.15, 0.2) is 0 Å². The van der Waals surface area contributed by atoms with E-state index in [4.69, 9.17) is 9.47 Å². The van der Waals surface area contributed by atoms with Crippen molar-refractivity contribution < 1.29 is 14.3 Å². The van der Waals surface area contributed by atoms with Crippen molar-refractivity contribution in [2.75, 3.05) is 39.5 Å². The fourth-order valence-corrected chi connectivity index (χ4v) is 1.80. The lowest BCUT2D eigenvalue weighted by atomic mass is 9.89. The molecule has 1 fully saturated rings. The van der Waals surface area contributed by atoms with E-state index in [1.165, 1.54) is 0 Å². The molecule has 1 saturated heterocycles. The van der Waals surface area contributed by atoms with Crippen LogP contribution in [0.15, 0.2) is 0 Å². The SMILES string of the molecule is CC(C)COC(=O)C(C)(C)CCN1CCOCC1. The molecule has 0 aromatic rings. The third-order valence-corrected chi connectivity index (χ3v) is 3.26. The Morgan fingerprint density at radius 3 is 2.50 bits per heavy atom. The van der Waals surface area contributed by atoms with Crippen molar-refractivity contribution in [3.05, 3.63) is 0 Å². The molecule has 0 amide bonds. The summed E-state index contributed by atoms with van der Waals surface area (Å²) < 4.78 is 10.6. The van der Waals surface area contributed by atoms with Gasteiger partial charge in [-0.15, -0.1) is 0 Å². The molecule has 0 N–H and O–H groups in total. The molecule has 0 atom stereocenters. The van der Waals surface area contributed by atoms with Crippen LogP contribution in [0, 0.1) is 11.3 Å². The Balaban J connectivity index is 2.30. The van der Waals surface area contributed by atoms with E-state index in [1.807, 2.05) is 27.7 Å². The predicted molar refractivity (Wildman–Crippen MR) is 71.5 cm³/mol. The number of carbonyl (C=O) groups is 1. The Morgan fingerprint density at radius 2 is 1.94 bits per heavy atom. The smallest absolute Gasteiger partial charge is 0.311 e. The van der Waals surface area contributed by atoms with E-state index >= 15 is 0 Å². The third kappa shape index (κ3) is 5.36. The normalized spacial score (nSPS) is 18.1. The van der Waals surface area contributed by atoms with Gasteiger partial charge in [-0.2, -0.15) is 0 Å². The Morgan fingerprint density at radius 1 is 1.33 bits per heavy atom. The molecule has 0 radical (unpaired) electrons. The molecule has 0 bridgehead atoms. The topological polar surface area (TPSA) is 38.8 Å². The minimum Gasteiger partial charge on any atom is -0.465 e. The van der Waals surface area contributed by atoms with Crippen LogP contribution in [-0.4, -0.2) is 50.3 Å². The lowest BCUT2D eigenvalue weighted by Crippen LogP contribution is -2.39. The van der Waals surface area contributed by atoms with Crippen LogP contribution in [0.2, 0.25) is 0 Å². The van der Waals surface area contributed by atoms with Gasteiger partial charge >= 0.3 is 5.97 Å². The molecule has 1 heterocycles. The second-order valence-corrected chi connectivity index (χ2v) is 6.08. The highest BCUT2D eigenvalue weighted by Gasteiger charge is 2.30. The van der Waals surface area contributed by atoms with E-state index < -0.39 is 5.41 Å². The number of esters is 1. The van der Waals surface area contributed by atoms with E-state index in [1.54, 1.807) is 0 Å². The van der Waals surface area contributed by atoms with E-state index in [2.05, 4.69) is 4.90 Å². The second kappa shape index (κ2) is 7.10. The van der Waals surface area contributed by atoms with Gasteiger partial charge in [0.1, 0.15) is 0 Å². The number of carbonyl (C=O) groups excluding carboxylic acids is 1. The van der Waals surface area contributed by atoms with Crippen LogP contribution in [0.3, 0.4) is 0 Å². The van der Waals surface area contributed by atoms with Crippen molar-refractivity contribution >= 4 is 5.97 Å². The van der Waals surface area contributed by atoms with Gasteiger partial charge in [0.2, 0.25) is 0 Å². The minimum absolute atomic E-state index is 0.0792. The molecule has 0 saturated carbocycles. The molecule has 106 valence electrons. The summed E-state index contributed by atoms with van der Waals surface area (Å²) in [7, 11) is 0. The fourth-order valence-electron chi connectivity index (χ4n) is 1.80. The maximum absolute atomic E-state index is 12.0. The zero-order chi connectivity index (χ0) is 13.6. The van der Waals surface area contributed by atoms with Gasteiger partial charge in [-0.05, 0) is 32.7 Å². The largest absolute Gasteiger partial charge is 0.465 e. The third-order valence-electron chi connectivity index (χ3n) is 3.26. The molecule has 0 spiro atoms. The van der Waals surface area contributed by atoms with Gasteiger partial charge in [0.25, 0.3) is 0 Å².